The fourth-order valence-electron chi connectivity index (χ4n) is 3.17. The molecule has 6 heteroatoms. The van der Waals surface area contributed by atoms with Crippen molar-refractivity contribution in [2.45, 2.75) is 39.2 Å². The second-order valence-corrected chi connectivity index (χ2v) is 7.42. The smallest absolute Gasteiger partial charge is 0.230 e. The summed E-state index contributed by atoms with van der Waals surface area (Å²) in [6.07, 6.45) is 0.946. The monoisotopic (exact) mass is 328 g/mol. The Morgan fingerprint density at radius 1 is 1.29 bits per heavy atom. The number of nitrogens with one attached hydrogen (secondary N) is 1. The standard InChI is InChI=1S/C18H24N4O2/c1-18(2,3)22-14-8-6-5-7-13(14)19-17(22)20-16(24)12-9-10-21(4)15(23)11-12/h5-8,12H,9-11H2,1-4H3,(H,19,20,24)/t12-/m0/s1. The van der Waals surface area contributed by atoms with Gasteiger partial charge in [-0.1, -0.05) is 12.1 Å². The highest BCUT2D eigenvalue weighted by Crippen LogP contribution is 2.29. The Hall–Kier alpha value is -2.37. The molecule has 0 spiro atoms. The minimum atomic E-state index is -0.290. The highest BCUT2D eigenvalue weighted by atomic mass is 16.2. The molecule has 1 aliphatic rings. The van der Waals surface area contributed by atoms with E-state index >= 15 is 0 Å². The second-order valence-electron chi connectivity index (χ2n) is 7.42. The fraction of sp³-hybridized carbons (Fsp3) is 0.500. The number of aromatic nitrogens is 2. The summed E-state index contributed by atoms with van der Waals surface area (Å²) in [5.74, 6) is 0.144. The number of imidazole rings is 1. The van der Waals surface area contributed by atoms with Crippen LogP contribution in [0.5, 0.6) is 0 Å². The van der Waals surface area contributed by atoms with Crippen molar-refractivity contribution in [1.29, 1.82) is 0 Å². The zero-order valence-corrected chi connectivity index (χ0v) is 14.7. The summed E-state index contributed by atoms with van der Waals surface area (Å²) in [7, 11) is 1.77. The van der Waals surface area contributed by atoms with Crippen molar-refractivity contribution >= 4 is 28.8 Å². The van der Waals surface area contributed by atoms with Gasteiger partial charge < -0.3 is 9.47 Å². The van der Waals surface area contributed by atoms with E-state index in [1.165, 1.54) is 0 Å². The van der Waals surface area contributed by atoms with Crippen LogP contribution in [0.2, 0.25) is 0 Å². The van der Waals surface area contributed by atoms with Crippen LogP contribution in [0.1, 0.15) is 33.6 Å². The van der Waals surface area contributed by atoms with E-state index in [-0.39, 0.29) is 29.7 Å². The number of rotatable bonds is 2. The van der Waals surface area contributed by atoms with E-state index in [1.54, 1.807) is 11.9 Å². The van der Waals surface area contributed by atoms with Gasteiger partial charge in [0.1, 0.15) is 0 Å². The second kappa shape index (κ2) is 5.92. The van der Waals surface area contributed by atoms with E-state index in [0.717, 1.165) is 11.0 Å². The Bertz CT molecular complexity index is 788. The van der Waals surface area contributed by atoms with Crippen molar-refractivity contribution < 1.29 is 9.59 Å². The van der Waals surface area contributed by atoms with E-state index in [9.17, 15) is 9.59 Å². The number of fused-ring (bicyclic) bond motifs is 1. The zero-order chi connectivity index (χ0) is 17.5. The molecule has 0 saturated carbocycles. The van der Waals surface area contributed by atoms with Crippen LogP contribution in [-0.2, 0) is 15.1 Å². The number of likely N-dealkylation sites (tertiary alicyclic amines) is 1. The lowest BCUT2D eigenvalue weighted by molar-refractivity contribution is -0.137. The third kappa shape index (κ3) is 3.00. The Kier molecular flexibility index (Phi) is 4.07. The Morgan fingerprint density at radius 2 is 2.00 bits per heavy atom. The minimum Gasteiger partial charge on any atom is -0.346 e. The molecule has 0 radical (unpaired) electrons. The molecule has 6 nitrogen and oxygen atoms in total. The predicted octanol–water partition coefficient (Wildman–Crippen LogP) is 2.60. The van der Waals surface area contributed by atoms with E-state index in [1.807, 2.05) is 28.8 Å². The fourth-order valence-corrected chi connectivity index (χ4v) is 3.17. The van der Waals surface area contributed by atoms with E-state index in [0.29, 0.717) is 18.9 Å². The number of anilines is 1. The van der Waals surface area contributed by atoms with Crippen molar-refractivity contribution in [2.24, 2.45) is 5.92 Å². The van der Waals surface area contributed by atoms with Gasteiger partial charge in [-0.3, -0.25) is 14.9 Å². The molecule has 1 atom stereocenters. The molecule has 1 saturated heterocycles. The molecule has 1 N–H and O–H groups in total. The molecular formula is C18H24N4O2. The van der Waals surface area contributed by atoms with Gasteiger partial charge in [0.25, 0.3) is 0 Å². The highest BCUT2D eigenvalue weighted by Gasteiger charge is 2.30. The summed E-state index contributed by atoms with van der Waals surface area (Å²) < 4.78 is 2.04. The SMILES string of the molecule is CN1CC[C@H](C(=O)Nc2nc3ccccc3n2C(C)(C)C)CC1=O. The van der Waals surface area contributed by atoms with Crippen molar-refractivity contribution in [3.63, 3.8) is 0 Å². The first-order valence-electron chi connectivity index (χ1n) is 8.30. The van der Waals surface area contributed by atoms with Crippen LogP contribution in [0.4, 0.5) is 5.95 Å². The van der Waals surface area contributed by atoms with Crippen LogP contribution in [0.3, 0.4) is 0 Å². The van der Waals surface area contributed by atoms with E-state index in [2.05, 4.69) is 31.1 Å². The average Bonchev–Trinajstić information content (AvgIpc) is 2.87. The number of nitrogens with zero attached hydrogens (tertiary/aromatic N) is 3. The number of piperidine rings is 1. The molecule has 3 rings (SSSR count). The number of carbonyl (C=O) groups is 2. The summed E-state index contributed by atoms with van der Waals surface area (Å²) in [5.41, 5.74) is 1.61. The molecule has 0 unspecified atom stereocenters. The van der Waals surface area contributed by atoms with E-state index < -0.39 is 0 Å². The molecule has 2 heterocycles. The molecule has 1 aliphatic heterocycles. The molecule has 2 aromatic rings. The van der Waals surface area contributed by atoms with E-state index in [4.69, 9.17) is 0 Å². The molecule has 0 aliphatic carbocycles. The van der Waals surface area contributed by atoms with Crippen molar-refractivity contribution in [1.82, 2.24) is 14.5 Å². The number of benzene rings is 1. The summed E-state index contributed by atoms with van der Waals surface area (Å²) in [5, 5.41) is 2.95. The van der Waals surface area contributed by atoms with Gasteiger partial charge in [0.05, 0.1) is 11.0 Å². The summed E-state index contributed by atoms with van der Waals surface area (Å²) in [6, 6.07) is 7.84. The minimum absolute atomic E-state index is 0.0192. The molecule has 1 aromatic heterocycles. The Morgan fingerprint density at radius 3 is 2.67 bits per heavy atom. The first-order valence-corrected chi connectivity index (χ1v) is 8.30. The highest BCUT2D eigenvalue weighted by molar-refractivity contribution is 5.96. The largest absolute Gasteiger partial charge is 0.346 e. The number of hydrogen-bond donors (Lipinski definition) is 1. The van der Waals surface area contributed by atoms with Gasteiger partial charge in [-0.25, -0.2) is 4.98 Å². The molecule has 2 amide bonds. The first kappa shape index (κ1) is 16.5. The summed E-state index contributed by atoms with van der Waals surface area (Å²) >= 11 is 0. The molecule has 1 aromatic carbocycles. The number of amides is 2. The predicted molar refractivity (Wildman–Crippen MR) is 93.7 cm³/mol. The maximum absolute atomic E-state index is 12.6. The normalized spacial score (nSPS) is 18.9. The summed E-state index contributed by atoms with van der Waals surface area (Å²) in [6.45, 7) is 6.86. The lowest BCUT2D eigenvalue weighted by Gasteiger charge is -2.29. The summed E-state index contributed by atoms with van der Waals surface area (Å²) in [4.78, 5) is 30.8. The third-order valence-electron chi connectivity index (χ3n) is 4.50. The molecular weight excluding hydrogens is 304 g/mol. The lowest BCUT2D eigenvalue weighted by atomic mass is 9.96. The van der Waals surface area contributed by atoms with Gasteiger partial charge in [0, 0.05) is 31.5 Å². The van der Waals surface area contributed by atoms with Crippen molar-refractivity contribution in [2.75, 3.05) is 18.9 Å². The third-order valence-corrected chi connectivity index (χ3v) is 4.50. The Balaban J connectivity index is 1.90. The maximum Gasteiger partial charge on any atom is 0.230 e. The van der Waals surface area contributed by atoms with Gasteiger partial charge in [-0.2, -0.15) is 0 Å². The lowest BCUT2D eigenvalue weighted by Crippen LogP contribution is -2.40. The number of para-hydroxylation sites is 2. The first-order chi connectivity index (χ1) is 11.3. The number of hydrogen-bond acceptors (Lipinski definition) is 3. The topological polar surface area (TPSA) is 67.2 Å². The van der Waals surface area contributed by atoms with Crippen LogP contribution in [0.15, 0.2) is 24.3 Å². The maximum atomic E-state index is 12.6. The number of carbonyl (C=O) groups excluding carboxylic acids is 2. The van der Waals surface area contributed by atoms with Gasteiger partial charge in [0.2, 0.25) is 17.8 Å². The van der Waals surface area contributed by atoms with Gasteiger partial charge >= 0.3 is 0 Å². The van der Waals surface area contributed by atoms with Crippen LogP contribution in [0.25, 0.3) is 11.0 Å². The van der Waals surface area contributed by atoms with Crippen LogP contribution in [0, 0.1) is 5.92 Å². The van der Waals surface area contributed by atoms with Crippen LogP contribution < -0.4 is 5.32 Å². The molecule has 1 fully saturated rings. The quantitative estimate of drug-likeness (QED) is 0.921. The van der Waals surface area contributed by atoms with Gasteiger partial charge in [-0.15, -0.1) is 0 Å². The van der Waals surface area contributed by atoms with Gasteiger partial charge in [0.15, 0.2) is 0 Å². The molecule has 128 valence electrons. The Labute approximate surface area is 141 Å². The van der Waals surface area contributed by atoms with Crippen LogP contribution >= 0.6 is 0 Å². The van der Waals surface area contributed by atoms with Gasteiger partial charge in [-0.05, 0) is 39.3 Å². The van der Waals surface area contributed by atoms with Crippen molar-refractivity contribution in [3.05, 3.63) is 24.3 Å². The zero-order valence-electron chi connectivity index (χ0n) is 14.7. The average molecular weight is 328 g/mol. The molecule has 24 heavy (non-hydrogen) atoms. The van der Waals surface area contributed by atoms with Crippen molar-refractivity contribution in [3.8, 4) is 0 Å². The molecule has 0 bridgehead atoms. The van der Waals surface area contributed by atoms with Crippen LogP contribution in [-0.4, -0.2) is 39.9 Å².